The third-order valence-electron chi connectivity index (χ3n) is 5.71. The van der Waals surface area contributed by atoms with Crippen molar-refractivity contribution in [3.8, 4) is 5.75 Å². The van der Waals surface area contributed by atoms with Crippen LogP contribution in [0.25, 0.3) is 0 Å². The van der Waals surface area contributed by atoms with Gasteiger partial charge in [0.2, 0.25) is 26.0 Å². The standard InChI is InChI=1S/C24H33N3O6S2/c1-20-7-9-21(10-8-20)27(34(2,29)30)18-5-6-24(28)25-15-19-33-22-11-13-23(14-12-22)35(31,32)26-16-3-4-17-26/h7-14H,3-6,15-19H2,1-2H3,(H,25,28). The molecule has 1 heterocycles. The molecular weight excluding hydrogens is 490 g/mol. The summed E-state index contributed by atoms with van der Waals surface area (Å²) in [5, 5.41) is 2.75. The van der Waals surface area contributed by atoms with Gasteiger partial charge in [0.25, 0.3) is 0 Å². The number of carbonyl (C=O) groups excluding carboxylic acids is 1. The van der Waals surface area contributed by atoms with Crippen molar-refractivity contribution in [3.63, 3.8) is 0 Å². The molecule has 1 fully saturated rings. The summed E-state index contributed by atoms with van der Waals surface area (Å²) in [6, 6.07) is 13.5. The normalized spacial score (nSPS) is 14.6. The van der Waals surface area contributed by atoms with Crippen LogP contribution in [0.15, 0.2) is 53.4 Å². The quantitative estimate of drug-likeness (QED) is 0.428. The zero-order valence-electron chi connectivity index (χ0n) is 20.1. The third-order valence-corrected chi connectivity index (χ3v) is 8.81. The molecule has 11 heteroatoms. The number of carbonyl (C=O) groups is 1. The van der Waals surface area contributed by atoms with Gasteiger partial charge in [-0.25, -0.2) is 16.8 Å². The Bertz CT molecular complexity index is 1190. The van der Waals surface area contributed by atoms with Gasteiger partial charge in [-0.3, -0.25) is 9.10 Å². The molecule has 35 heavy (non-hydrogen) atoms. The molecule has 192 valence electrons. The Labute approximate surface area is 208 Å². The lowest BCUT2D eigenvalue weighted by Gasteiger charge is -2.22. The summed E-state index contributed by atoms with van der Waals surface area (Å²) in [5.41, 5.74) is 1.61. The molecule has 9 nitrogen and oxygen atoms in total. The van der Waals surface area contributed by atoms with Crippen molar-refractivity contribution < 1.29 is 26.4 Å². The van der Waals surface area contributed by atoms with Gasteiger partial charge in [-0.1, -0.05) is 17.7 Å². The van der Waals surface area contributed by atoms with Crippen LogP contribution < -0.4 is 14.4 Å². The molecule has 0 atom stereocenters. The number of hydrogen-bond donors (Lipinski definition) is 1. The number of nitrogens with zero attached hydrogens (tertiary/aromatic N) is 2. The number of aryl methyl sites for hydroxylation is 1. The van der Waals surface area contributed by atoms with Crippen LogP contribution in [0.3, 0.4) is 0 Å². The monoisotopic (exact) mass is 523 g/mol. The predicted molar refractivity (Wildman–Crippen MR) is 136 cm³/mol. The first kappa shape index (κ1) is 27.0. The molecule has 1 aliphatic heterocycles. The van der Waals surface area contributed by atoms with Crippen LogP contribution in [0.1, 0.15) is 31.2 Å². The Hall–Kier alpha value is -2.63. The van der Waals surface area contributed by atoms with Crippen molar-refractivity contribution >= 4 is 31.6 Å². The van der Waals surface area contributed by atoms with Gasteiger partial charge in [-0.05, 0) is 62.6 Å². The molecular formula is C24H33N3O6S2. The maximum absolute atomic E-state index is 12.6. The van der Waals surface area contributed by atoms with E-state index in [1.54, 1.807) is 24.3 Å². The van der Waals surface area contributed by atoms with E-state index >= 15 is 0 Å². The lowest BCUT2D eigenvalue weighted by molar-refractivity contribution is -0.121. The van der Waals surface area contributed by atoms with E-state index in [2.05, 4.69) is 5.32 Å². The first-order valence-corrected chi connectivity index (χ1v) is 14.9. The molecule has 0 aromatic heterocycles. The summed E-state index contributed by atoms with van der Waals surface area (Å²) in [5.74, 6) is 0.319. The number of rotatable bonds is 12. The van der Waals surface area contributed by atoms with Gasteiger partial charge in [0.15, 0.2) is 0 Å². The second-order valence-electron chi connectivity index (χ2n) is 8.56. The van der Waals surface area contributed by atoms with Gasteiger partial charge in [-0.2, -0.15) is 4.31 Å². The first-order valence-electron chi connectivity index (χ1n) is 11.6. The van der Waals surface area contributed by atoms with Crippen LogP contribution in [0.4, 0.5) is 5.69 Å². The number of hydrogen-bond acceptors (Lipinski definition) is 6. The summed E-state index contributed by atoms with van der Waals surface area (Å²) in [6.07, 6.45) is 3.48. The molecule has 1 aliphatic rings. The van der Waals surface area contributed by atoms with Gasteiger partial charge in [0.05, 0.1) is 23.4 Å². The Morgan fingerprint density at radius 3 is 2.23 bits per heavy atom. The molecule has 3 rings (SSSR count). The molecule has 0 saturated carbocycles. The Kier molecular flexibility index (Phi) is 9.15. The molecule has 2 aromatic carbocycles. The Morgan fingerprint density at radius 1 is 1.00 bits per heavy atom. The van der Waals surface area contributed by atoms with E-state index in [1.807, 2.05) is 19.1 Å². The molecule has 0 radical (unpaired) electrons. The van der Waals surface area contributed by atoms with E-state index in [0.29, 0.717) is 30.9 Å². The lowest BCUT2D eigenvalue weighted by atomic mass is 10.2. The van der Waals surface area contributed by atoms with E-state index in [-0.39, 0.29) is 36.9 Å². The number of benzene rings is 2. The van der Waals surface area contributed by atoms with E-state index < -0.39 is 20.0 Å². The van der Waals surface area contributed by atoms with Crippen LogP contribution in [-0.2, 0) is 24.8 Å². The summed E-state index contributed by atoms with van der Waals surface area (Å²) in [7, 11) is -6.91. The highest BCUT2D eigenvalue weighted by atomic mass is 32.2. The summed E-state index contributed by atoms with van der Waals surface area (Å²) in [4.78, 5) is 12.4. The van der Waals surface area contributed by atoms with Gasteiger partial charge >= 0.3 is 0 Å². The van der Waals surface area contributed by atoms with Crippen LogP contribution in [0.2, 0.25) is 0 Å². The molecule has 1 amide bonds. The topological polar surface area (TPSA) is 113 Å². The Morgan fingerprint density at radius 2 is 1.63 bits per heavy atom. The molecule has 1 saturated heterocycles. The van der Waals surface area contributed by atoms with Gasteiger partial charge < -0.3 is 10.1 Å². The number of sulfonamides is 2. The molecule has 0 aliphatic carbocycles. The average Bonchev–Trinajstić information content (AvgIpc) is 3.36. The SMILES string of the molecule is Cc1ccc(N(CCCC(=O)NCCOc2ccc(S(=O)(=O)N3CCCC3)cc2)S(C)(=O)=O)cc1. The van der Waals surface area contributed by atoms with Crippen molar-refractivity contribution in [1.82, 2.24) is 9.62 Å². The van der Waals surface area contributed by atoms with Gasteiger partial charge in [0, 0.05) is 26.1 Å². The molecule has 1 N–H and O–H groups in total. The highest BCUT2D eigenvalue weighted by Gasteiger charge is 2.27. The maximum atomic E-state index is 12.6. The highest BCUT2D eigenvalue weighted by Crippen LogP contribution is 2.23. The van der Waals surface area contributed by atoms with Crippen LogP contribution >= 0.6 is 0 Å². The number of nitrogens with one attached hydrogen (secondary N) is 1. The fraction of sp³-hybridized carbons (Fsp3) is 0.458. The van der Waals surface area contributed by atoms with Crippen molar-refractivity contribution in [3.05, 3.63) is 54.1 Å². The van der Waals surface area contributed by atoms with Crippen molar-refractivity contribution in [2.75, 3.05) is 43.3 Å². The minimum atomic E-state index is -3.46. The predicted octanol–water partition coefficient (Wildman–Crippen LogP) is 2.52. The zero-order chi connectivity index (χ0) is 25.5. The average molecular weight is 524 g/mol. The molecule has 0 unspecified atom stereocenters. The van der Waals surface area contributed by atoms with Gasteiger partial charge in [0.1, 0.15) is 12.4 Å². The summed E-state index contributed by atoms with van der Waals surface area (Å²) < 4.78 is 57.8. The first-order chi connectivity index (χ1) is 16.6. The van der Waals surface area contributed by atoms with Crippen molar-refractivity contribution in [1.29, 1.82) is 0 Å². The smallest absolute Gasteiger partial charge is 0.243 e. The van der Waals surface area contributed by atoms with E-state index in [0.717, 1.165) is 24.7 Å². The molecule has 2 aromatic rings. The van der Waals surface area contributed by atoms with Gasteiger partial charge in [-0.15, -0.1) is 0 Å². The minimum Gasteiger partial charge on any atom is -0.492 e. The fourth-order valence-electron chi connectivity index (χ4n) is 3.81. The second-order valence-corrected chi connectivity index (χ2v) is 12.4. The highest BCUT2D eigenvalue weighted by molar-refractivity contribution is 7.92. The van der Waals surface area contributed by atoms with E-state index in [9.17, 15) is 21.6 Å². The lowest BCUT2D eigenvalue weighted by Crippen LogP contribution is -2.32. The zero-order valence-corrected chi connectivity index (χ0v) is 21.8. The number of anilines is 1. The van der Waals surface area contributed by atoms with Crippen LogP contribution in [-0.4, -0.2) is 66.1 Å². The largest absolute Gasteiger partial charge is 0.492 e. The third kappa shape index (κ3) is 7.68. The fourth-order valence-corrected chi connectivity index (χ4v) is 6.30. The van der Waals surface area contributed by atoms with E-state index in [4.69, 9.17) is 4.74 Å². The minimum absolute atomic E-state index is 0.181. The Balaban J connectivity index is 1.39. The van der Waals surface area contributed by atoms with Crippen molar-refractivity contribution in [2.24, 2.45) is 0 Å². The molecule has 0 bridgehead atoms. The maximum Gasteiger partial charge on any atom is 0.243 e. The number of amides is 1. The van der Waals surface area contributed by atoms with Crippen LogP contribution in [0.5, 0.6) is 5.75 Å². The van der Waals surface area contributed by atoms with Crippen LogP contribution in [0, 0.1) is 6.92 Å². The van der Waals surface area contributed by atoms with Crippen molar-refractivity contribution in [2.45, 2.75) is 37.5 Å². The molecule has 0 spiro atoms. The number of ether oxygens (including phenoxy) is 1. The summed E-state index contributed by atoms with van der Waals surface area (Å²) in [6.45, 7) is 3.75. The second kappa shape index (κ2) is 11.9. The summed E-state index contributed by atoms with van der Waals surface area (Å²) >= 11 is 0. The van der Waals surface area contributed by atoms with E-state index in [1.165, 1.54) is 20.7 Å².